The number of allylic oxidation sites excluding steroid dienone is 3. The van der Waals surface area contributed by atoms with E-state index in [1.807, 2.05) is 12.2 Å². The Morgan fingerprint density at radius 1 is 1.32 bits per heavy atom. The van der Waals surface area contributed by atoms with E-state index in [2.05, 4.69) is 21.2 Å². The summed E-state index contributed by atoms with van der Waals surface area (Å²) < 4.78 is 0.983. The Morgan fingerprint density at radius 2 is 2.11 bits per heavy atom. The van der Waals surface area contributed by atoms with E-state index in [4.69, 9.17) is 0 Å². The molecule has 0 saturated carbocycles. The molecule has 100 valence electrons. The number of imide groups is 1. The van der Waals surface area contributed by atoms with Crippen LogP contribution in [0.4, 0.5) is 0 Å². The van der Waals surface area contributed by atoms with E-state index in [9.17, 15) is 14.4 Å². The molecule has 2 aliphatic heterocycles. The van der Waals surface area contributed by atoms with Gasteiger partial charge in [-0.3, -0.25) is 19.7 Å². The first-order chi connectivity index (χ1) is 9.06. The number of hydrogen-bond acceptors (Lipinski definition) is 3. The fraction of sp³-hybridized carbons (Fsp3) is 0.462. The number of rotatable bonds is 1. The summed E-state index contributed by atoms with van der Waals surface area (Å²) in [4.78, 5) is 36.9. The van der Waals surface area contributed by atoms with Crippen molar-refractivity contribution in [3.05, 3.63) is 22.2 Å². The van der Waals surface area contributed by atoms with Crippen LogP contribution >= 0.6 is 15.9 Å². The molecular weight excluding hydrogens is 312 g/mol. The molecule has 6 heteroatoms. The van der Waals surface area contributed by atoms with Crippen LogP contribution in [0.1, 0.15) is 19.3 Å². The lowest BCUT2D eigenvalue weighted by Crippen LogP contribution is -2.53. The summed E-state index contributed by atoms with van der Waals surface area (Å²) in [6, 6.07) is -0.504. The predicted octanol–water partition coefficient (Wildman–Crippen LogP) is 0.859. The van der Waals surface area contributed by atoms with Gasteiger partial charge in [-0.25, -0.2) is 0 Å². The van der Waals surface area contributed by atoms with Gasteiger partial charge in [0, 0.05) is 17.4 Å². The van der Waals surface area contributed by atoms with E-state index in [1.54, 1.807) is 4.90 Å². The van der Waals surface area contributed by atoms with Crippen molar-refractivity contribution in [2.75, 3.05) is 6.54 Å². The molecule has 1 aliphatic carbocycles. The molecule has 2 unspecified atom stereocenters. The standard InChI is InChI=1S/C13H13BrN2O3/c14-8-1-2-9-7(5-8)6-16(13(9)19)10-3-4-11(17)15-12(10)18/h1,5,9-10H,2-4,6H2,(H,15,17,18). The van der Waals surface area contributed by atoms with Crippen molar-refractivity contribution < 1.29 is 14.4 Å². The molecule has 5 nitrogen and oxygen atoms in total. The Labute approximate surface area is 118 Å². The molecular formula is C13H13BrN2O3. The second kappa shape index (κ2) is 4.59. The zero-order valence-corrected chi connectivity index (χ0v) is 11.8. The maximum Gasteiger partial charge on any atom is 0.249 e. The van der Waals surface area contributed by atoms with Crippen LogP contribution < -0.4 is 5.32 Å². The number of amides is 3. The van der Waals surface area contributed by atoms with Crippen LogP contribution in [0.5, 0.6) is 0 Å². The molecule has 0 aromatic rings. The average Bonchev–Trinajstić information content (AvgIpc) is 2.66. The van der Waals surface area contributed by atoms with E-state index >= 15 is 0 Å². The fourth-order valence-corrected chi connectivity index (χ4v) is 3.33. The minimum Gasteiger partial charge on any atom is -0.326 e. The van der Waals surface area contributed by atoms with Crippen molar-refractivity contribution in [3.8, 4) is 0 Å². The number of halogens is 1. The summed E-state index contributed by atoms with van der Waals surface area (Å²) in [5, 5.41) is 2.30. The van der Waals surface area contributed by atoms with Crippen LogP contribution in [0, 0.1) is 5.92 Å². The first-order valence-electron chi connectivity index (χ1n) is 6.26. The van der Waals surface area contributed by atoms with Gasteiger partial charge >= 0.3 is 0 Å². The summed E-state index contributed by atoms with van der Waals surface area (Å²) in [5.74, 6) is -0.742. The van der Waals surface area contributed by atoms with Gasteiger partial charge in [-0.1, -0.05) is 22.0 Å². The summed E-state index contributed by atoms with van der Waals surface area (Å²) in [6.07, 6.45) is 5.32. The molecule has 19 heavy (non-hydrogen) atoms. The summed E-state index contributed by atoms with van der Waals surface area (Å²) >= 11 is 3.41. The van der Waals surface area contributed by atoms with Crippen LogP contribution in [0.2, 0.25) is 0 Å². The average molecular weight is 325 g/mol. The lowest BCUT2D eigenvalue weighted by Gasteiger charge is -2.29. The maximum absolute atomic E-state index is 12.3. The van der Waals surface area contributed by atoms with Gasteiger partial charge < -0.3 is 4.90 Å². The van der Waals surface area contributed by atoms with E-state index in [0.29, 0.717) is 25.8 Å². The van der Waals surface area contributed by atoms with Gasteiger partial charge in [-0.2, -0.15) is 0 Å². The number of piperidine rings is 1. The second-order valence-corrected chi connectivity index (χ2v) is 5.95. The molecule has 0 aromatic carbocycles. The fourth-order valence-electron chi connectivity index (χ4n) is 2.85. The van der Waals surface area contributed by atoms with Gasteiger partial charge in [0.1, 0.15) is 6.04 Å². The summed E-state index contributed by atoms with van der Waals surface area (Å²) in [6.45, 7) is 0.485. The lowest BCUT2D eigenvalue weighted by atomic mass is 9.94. The first-order valence-corrected chi connectivity index (χ1v) is 7.06. The zero-order valence-electron chi connectivity index (χ0n) is 10.2. The van der Waals surface area contributed by atoms with E-state index in [0.717, 1.165) is 10.1 Å². The third kappa shape index (κ3) is 2.14. The number of hydrogen-bond donors (Lipinski definition) is 1. The van der Waals surface area contributed by atoms with Crippen molar-refractivity contribution in [2.45, 2.75) is 25.3 Å². The van der Waals surface area contributed by atoms with Crippen LogP contribution in [0.15, 0.2) is 22.2 Å². The quantitative estimate of drug-likeness (QED) is 0.727. The molecule has 3 amide bonds. The van der Waals surface area contributed by atoms with Crippen LogP contribution in [-0.2, 0) is 14.4 Å². The zero-order chi connectivity index (χ0) is 13.6. The van der Waals surface area contributed by atoms with Gasteiger partial charge in [0.15, 0.2) is 0 Å². The van der Waals surface area contributed by atoms with Crippen LogP contribution in [0.3, 0.4) is 0 Å². The molecule has 2 fully saturated rings. The van der Waals surface area contributed by atoms with Gasteiger partial charge in [-0.05, 0) is 24.5 Å². The van der Waals surface area contributed by atoms with Gasteiger partial charge in [0.25, 0.3) is 0 Å². The van der Waals surface area contributed by atoms with Crippen molar-refractivity contribution >= 4 is 33.7 Å². The smallest absolute Gasteiger partial charge is 0.249 e. The molecule has 1 N–H and O–H groups in total. The predicted molar refractivity (Wildman–Crippen MR) is 71.1 cm³/mol. The normalized spacial score (nSPS) is 30.8. The Bertz CT molecular complexity index is 538. The molecule has 0 spiro atoms. The van der Waals surface area contributed by atoms with Gasteiger partial charge in [0.2, 0.25) is 17.7 Å². The van der Waals surface area contributed by atoms with Crippen molar-refractivity contribution in [1.29, 1.82) is 0 Å². The summed E-state index contributed by atoms with van der Waals surface area (Å²) in [7, 11) is 0. The first kappa shape index (κ1) is 12.6. The van der Waals surface area contributed by atoms with Crippen molar-refractivity contribution in [2.24, 2.45) is 5.92 Å². The van der Waals surface area contributed by atoms with Crippen molar-refractivity contribution in [1.82, 2.24) is 10.2 Å². The molecule has 2 heterocycles. The molecule has 0 bridgehead atoms. The second-order valence-electron chi connectivity index (χ2n) is 5.03. The molecule has 0 radical (unpaired) electrons. The SMILES string of the molecule is O=C1CCC(N2CC3=CC(Br)=CCC3C2=O)C(=O)N1. The van der Waals surface area contributed by atoms with E-state index < -0.39 is 6.04 Å². The van der Waals surface area contributed by atoms with Crippen molar-refractivity contribution in [3.63, 3.8) is 0 Å². The number of nitrogens with one attached hydrogen (secondary N) is 1. The maximum atomic E-state index is 12.3. The molecule has 3 aliphatic rings. The highest BCUT2D eigenvalue weighted by Gasteiger charge is 2.43. The van der Waals surface area contributed by atoms with Gasteiger partial charge in [0.05, 0.1) is 5.92 Å². The highest BCUT2D eigenvalue weighted by molar-refractivity contribution is 9.11. The van der Waals surface area contributed by atoms with E-state index in [1.165, 1.54) is 0 Å². The molecule has 0 aromatic heterocycles. The lowest BCUT2D eigenvalue weighted by molar-refractivity contribution is -0.144. The Kier molecular flexibility index (Phi) is 3.05. The monoisotopic (exact) mass is 324 g/mol. The number of fused-ring (bicyclic) bond motifs is 1. The minimum absolute atomic E-state index is 0.00278. The number of carbonyl (C=O) groups is 3. The Hall–Kier alpha value is -1.43. The molecule has 2 atom stereocenters. The largest absolute Gasteiger partial charge is 0.326 e. The Balaban J connectivity index is 1.81. The third-order valence-corrected chi connectivity index (χ3v) is 4.39. The highest BCUT2D eigenvalue weighted by Crippen LogP contribution is 2.35. The Morgan fingerprint density at radius 3 is 2.84 bits per heavy atom. The number of likely N-dealkylation sites (tertiary alicyclic amines) is 1. The minimum atomic E-state index is -0.504. The van der Waals surface area contributed by atoms with E-state index in [-0.39, 0.29) is 23.6 Å². The van der Waals surface area contributed by atoms with Crippen LogP contribution in [0.25, 0.3) is 0 Å². The van der Waals surface area contributed by atoms with Crippen LogP contribution in [-0.4, -0.2) is 35.2 Å². The number of carbonyl (C=O) groups excluding carboxylic acids is 3. The summed E-state index contributed by atoms with van der Waals surface area (Å²) in [5.41, 5.74) is 1.05. The van der Waals surface area contributed by atoms with Gasteiger partial charge in [-0.15, -0.1) is 0 Å². The third-order valence-electron chi connectivity index (χ3n) is 3.84. The topological polar surface area (TPSA) is 66.5 Å². The molecule has 3 rings (SSSR count). The highest BCUT2D eigenvalue weighted by atomic mass is 79.9. The molecule has 2 saturated heterocycles. The number of nitrogens with zero attached hydrogens (tertiary/aromatic N) is 1.